The number of rotatable bonds is 1. The summed E-state index contributed by atoms with van der Waals surface area (Å²) in [6.07, 6.45) is 6.13. The second-order valence-corrected chi connectivity index (χ2v) is 11.1. The summed E-state index contributed by atoms with van der Waals surface area (Å²) in [6, 6.07) is 0.255. The first-order valence-corrected chi connectivity index (χ1v) is 9.99. The smallest absolute Gasteiger partial charge is 0.236 e. The largest absolute Gasteiger partial charge is 0.278 e. The zero-order valence-electron chi connectivity index (χ0n) is 15.8. The topological polar surface area (TPSA) is 37.4 Å². The molecule has 5 rings (SSSR count). The molecule has 132 valence electrons. The minimum Gasteiger partial charge on any atom is -0.278 e. The van der Waals surface area contributed by atoms with E-state index in [2.05, 4.69) is 34.6 Å². The van der Waals surface area contributed by atoms with E-state index in [0.29, 0.717) is 11.8 Å². The van der Waals surface area contributed by atoms with Crippen LogP contribution < -0.4 is 0 Å². The SMILES string of the molecule is CC(C)(C)C1(C(=O)N2C(=O)C3C4CC(C5CCCC54)C32)CC1(C)C. The molecule has 0 aromatic heterocycles. The van der Waals surface area contributed by atoms with E-state index in [4.69, 9.17) is 0 Å². The van der Waals surface area contributed by atoms with Gasteiger partial charge in [0.15, 0.2) is 0 Å². The van der Waals surface area contributed by atoms with E-state index in [9.17, 15) is 9.59 Å². The maximum absolute atomic E-state index is 13.6. The Labute approximate surface area is 145 Å². The van der Waals surface area contributed by atoms with Crippen molar-refractivity contribution in [2.45, 2.75) is 72.8 Å². The Morgan fingerprint density at radius 2 is 1.67 bits per heavy atom. The van der Waals surface area contributed by atoms with Gasteiger partial charge in [-0.25, -0.2) is 0 Å². The number of likely N-dealkylation sites (tertiary alicyclic amines) is 1. The fraction of sp³-hybridized carbons (Fsp3) is 0.905. The zero-order chi connectivity index (χ0) is 17.2. The lowest BCUT2D eigenvalue weighted by molar-refractivity contribution is -0.179. The van der Waals surface area contributed by atoms with Crippen molar-refractivity contribution >= 4 is 11.8 Å². The summed E-state index contributed by atoms with van der Waals surface area (Å²) in [7, 11) is 0. The first-order valence-electron chi connectivity index (χ1n) is 9.99. The van der Waals surface area contributed by atoms with E-state index in [0.717, 1.165) is 18.3 Å². The number of carbonyl (C=O) groups excluding carboxylic acids is 2. The van der Waals surface area contributed by atoms with Crippen molar-refractivity contribution in [3.05, 3.63) is 0 Å². The van der Waals surface area contributed by atoms with Crippen LogP contribution in [0.4, 0.5) is 0 Å². The number of imide groups is 1. The second-order valence-electron chi connectivity index (χ2n) is 11.1. The maximum atomic E-state index is 13.6. The van der Waals surface area contributed by atoms with Gasteiger partial charge in [0, 0.05) is 0 Å². The lowest BCUT2D eigenvalue weighted by Gasteiger charge is -2.53. The molecule has 0 spiro atoms. The summed E-state index contributed by atoms with van der Waals surface area (Å²) in [4.78, 5) is 28.3. The molecule has 4 saturated carbocycles. The number of nitrogens with zero attached hydrogens (tertiary/aromatic N) is 1. The quantitative estimate of drug-likeness (QED) is 0.541. The highest BCUT2D eigenvalue weighted by atomic mass is 16.2. The van der Waals surface area contributed by atoms with Crippen LogP contribution in [0.5, 0.6) is 0 Å². The fourth-order valence-corrected chi connectivity index (χ4v) is 8.00. The number of hydrogen-bond acceptors (Lipinski definition) is 2. The average Bonchev–Trinajstić information content (AvgIpc) is 2.87. The number of amides is 2. The molecule has 24 heavy (non-hydrogen) atoms. The minimum absolute atomic E-state index is 0.0151. The molecule has 1 saturated heterocycles. The predicted octanol–water partition coefficient (Wildman–Crippen LogP) is 3.87. The highest BCUT2D eigenvalue weighted by Gasteiger charge is 2.77. The van der Waals surface area contributed by atoms with Gasteiger partial charge < -0.3 is 0 Å². The third-order valence-corrected chi connectivity index (χ3v) is 8.96. The van der Waals surface area contributed by atoms with Crippen LogP contribution in [-0.4, -0.2) is 22.8 Å². The second kappa shape index (κ2) is 4.10. The molecule has 2 amide bonds. The van der Waals surface area contributed by atoms with Gasteiger partial charge in [0.05, 0.1) is 17.4 Å². The van der Waals surface area contributed by atoms with Gasteiger partial charge in [0.1, 0.15) is 0 Å². The predicted molar refractivity (Wildman–Crippen MR) is 91.8 cm³/mol. The normalized spacial score (nSPS) is 50.5. The van der Waals surface area contributed by atoms with Crippen LogP contribution in [0, 0.1) is 45.8 Å². The van der Waals surface area contributed by atoms with Crippen molar-refractivity contribution in [3.8, 4) is 0 Å². The van der Waals surface area contributed by atoms with Crippen LogP contribution in [0.1, 0.15) is 66.7 Å². The summed E-state index contributed by atoms with van der Waals surface area (Å²) in [6.45, 7) is 10.9. The minimum atomic E-state index is -0.350. The molecule has 3 heteroatoms. The Hall–Kier alpha value is -0.860. The zero-order valence-corrected chi connectivity index (χ0v) is 15.8. The van der Waals surface area contributed by atoms with Crippen LogP contribution in [0.2, 0.25) is 0 Å². The standard InChI is InChI=1S/C21H31NO2/c1-19(2,3)21(10-20(21,4)5)18(24)22-16-14-9-13(15(16)17(22)23)11-7-6-8-12(11)14/h11-16H,6-10H2,1-5H3. The van der Waals surface area contributed by atoms with Crippen molar-refractivity contribution in [2.24, 2.45) is 45.8 Å². The number of carbonyl (C=O) groups is 2. The molecule has 0 aromatic carbocycles. The third-order valence-electron chi connectivity index (χ3n) is 8.96. The van der Waals surface area contributed by atoms with Gasteiger partial charge >= 0.3 is 0 Å². The van der Waals surface area contributed by atoms with Gasteiger partial charge in [-0.05, 0) is 60.2 Å². The lowest BCUT2D eigenvalue weighted by Crippen LogP contribution is -2.69. The monoisotopic (exact) mass is 329 g/mol. The van der Waals surface area contributed by atoms with Crippen molar-refractivity contribution in [3.63, 3.8) is 0 Å². The first kappa shape index (κ1) is 15.4. The number of fused-ring (bicyclic) bond motifs is 8. The molecule has 0 radical (unpaired) electrons. The Balaban J connectivity index is 1.47. The number of β-lactam (4-membered cyclic amide) rings is 1. The Morgan fingerprint density at radius 3 is 2.21 bits per heavy atom. The van der Waals surface area contributed by atoms with E-state index in [1.54, 1.807) is 4.90 Å². The molecule has 0 aromatic rings. The van der Waals surface area contributed by atoms with Crippen LogP contribution in [0.15, 0.2) is 0 Å². The molecule has 5 fully saturated rings. The molecule has 7 unspecified atom stereocenters. The van der Waals surface area contributed by atoms with Crippen molar-refractivity contribution in [1.82, 2.24) is 4.90 Å². The third kappa shape index (κ3) is 1.44. The number of hydrogen-bond donors (Lipinski definition) is 0. The highest BCUT2D eigenvalue weighted by molar-refractivity contribution is 6.06. The van der Waals surface area contributed by atoms with Gasteiger partial charge in [-0.2, -0.15) is 0 Å². The van der Waals surface area contributed by atoms with Gasteiger partial charge in [0.2, 0.25) is 11.8 Å². The Bertz CT molecular complexity index is 645. The summed E-state index contributed by atoms with van der Waals surface area (Å²) >= 11 is 0. The maximum Gasteiger partial charge on any atom is 0.236 e. The van der Waals surface area contributed by atoms with Gasteiger partial charge in [-0.1, -0.05) is 41.0 Å². The molecule has 1 aliphatic heterocycles. The molecule has 4 aliphatic carbocycles. The van der Waals surface area contributed by atoms with Gasteiger partial charge in [-0.15, -0.1) is 0 Å². The van der Waals surface area contributed by atoms with Crippen LogP contribution in [0.3, 0.4) is 0 Å². The molecule has 7 atom stereocenters. The Kier molecular flexibility index (Phi) is 2.63. The van der Waals surface area contributed by atoms with E-state index in [1.807, 2.05) is 0 Å². The van der Waals surface area contributed by atoms with Gasteiger partial charge in [0.25, 0.3) is 0 Å². The summed E-state index contributed by atoms with van der Waals surface area (Å²) in [5, 5.41) is 0. The van der Waals surface area contributed by atoms with Crippen molar-refractivity contribution in [2.75, 3.05) is 0 Å². The van der Waals surface area contributed by atoms with E-state index in [1.165, 1.54) is 25.7 Å². The Morgan fingerprint density at radius 1 is 1.08 bits per heavy atom. The molecular weight excluding hydrogens is 298 g/mol. The summed E-state index contributed by atoms with van der Waals surface area (Å²) in [5.41, 5.74) is -0.425. The van der Waals surface area contributed by atoms with Crippen molar-refractivity contribution < 1.29 is 9.59 Å². The average molecular weight is 329 g/mol. The summed E-state index contributed by atoms with van der Waals surface area (Å²) < 4.78 is 0. The molecule has 3 nitrogen and oxygen atoms in total. The van der Waals surface area contributed by atoms with E-state index < -0.39 is 0 Å². The van der Waals surface area contributed by atoms with Crippen LogP contribution in [0.25, 0.3) is 0 Å². The molecule has 2 bridgehead atoms. The van der Waals surface area contributed by atoms with Crippen molar-refractivity contribution in [1.29, 1.82) is 0 Å². The van der Waals surface area contributed by atoms with Crippen LogP contribution in [-0.2, 0) is 9.59 Å². The fourth-order valence-electron chi connectivity index (χ4n) is 8.00. The highest BCUT2D eigenvalue weighted by Crippen LogP contribution is 2.74. The summed E-state index contributed by atoms with van der Waals surface area (Å²) in [5.74, 6) is 3.35. The molecule has 1 heterocycles. The van der Waals surface area contributed by atoms with Crippen LogP contribution >= 0.6 is 0 Å². The van der Waals surface area contributed by atoms with E-state index in [-0.39, 0.29) is 40.0 Å². The molecule has 0 N–H and O–H groups in total. The van der Waals surface area contributed by atoms with Gasteiger partial charge in [-0.3, -0.25) is 14.5 Å². The lowest BCUT2D eigenvalue weighted by atomic mass is 9.65. The first-order chi connectivity index (χ1) is 11.1. The molecular formula is C21H31NO2. The molecule has 5 aliphatic rings. The van der Waals surface area contributed by atoms with E-state index >= 15 is 0 Å².